The van der Waals surface area contributed by atoms with E-state index in [9.17, 15) is 9.59 Å². The van der Waals surface area contributed by atoms with Crippen LogP contribution in [0.2, 0.25) is 0 Å². The molecule has 0 fully saturated rings. The number of nitrogens with zero attached hydrogens (tertiary/aromatic N) is 5. The van der Waals surface area contributed by atoms with Crippen molar-refractivity contribution in [3.8, 4) is 5.69 Å². The highest BCUT2D eigenvalue weighted by molar-refractivity contribution is 5.95. The van der Waals surface area contributed by atoms with Gasteiger partial charge in [-0.05, 0) is 35.5 Å². The predicted molar refractivity (Wildman–Crippen MR) is 81.9 cm³/mol. The zero-order chi connectivity index (χ0) is 16.8. The van der Waals surface area contributed by atoms with Gasteiger partial charge in [-0.1, -0.05) is 13.0 Å². The Kier molecular flexibility index (Phi) is 5.40. The molecule has 2 aromatic rings. The molecule has 0 radical (unpaired) electrons. The summed E-state index contributed by atoms with van der Waals surface area (Å²) in [5.41, 5.74) is 1.20. The Morgan fingerprint density at radius 1 is 1.39 bits per heavy atom. The van der Waals surface area contributed by atoms with E-state index in [2.05, 4.69) is 15.5 Å². The molecule has 1 atom stereocenters. The number of benzene rings is 1. The molecule has 1 heterocycles. The van der Waals surface area contributed by atoms with Crippen molar-refractivity contribution < 1.29 is 14.3 Å². The van der Waals surface area contributed by atoms with Crippen LogP contribution in [0.5, 0.6) is 0 Å². The SMILES string of the molecule is CCN(CC(C)C(=O)OC)C(=O)c1cccc(-n2cnnn2)c1. The monoisotopic (exact) mass is 317 g/mol. The number of carbonyl (C=O) groups excluding carboxylic acids is 2. The van der Waals surface area contributed by atoms with E-state index in [-0.39, 0.29) is 17.8 Å². The molecule has 0 saturated heterocycles. The van der Waals surface area contributed by atoms with Crippen LogP contribution >= 0.6 is 0 Å². The van der Waals surface area contributed by atoms with Gasteiger partial charge in [0, 0.05) is 18.7 Å². The quantitative estimate of drug-likeness (QED) is 0.736. The van der Waals surface area contributed by atoms with Gasteiger partial charge >= 0.3 is 5.97 Å². The molecule has 1 unspecified atom stereocenters. The summed E-state index contributed by atoms with van der Waals surface area (Å²) in [6.45, 7) is 4.40. The number of ether oxygens (including phenoxy) is 1. The average Bonchev–Trinajstić information content (AvgIpc) is 3.12. The Morgan fingerprint density at radius 2 is 2.17 bits per heavy atom. The summed E-state index contributed by atoms with van der Waals surface area (Å²) in [6.07, 6.45) is 1.46. The number of hydrogen-bond acceptors (Lipinski definition) is 6. The third-order valence-electron chi connectivity index (χ3n) is 3.47. The highest BCUT2D eigenvalue weighted by Gasteiger charge is 2.21. The van der Waals surface area contributed by atoms with Crippen molar-refractivity contribution in [1.29, 1.82) is 0 Å². The Morgan fingerprint density at radius 3 is 2.78 bits per heavy atom. The number of methoxy groups -OCH3 is 1. The van der Waals surface area contributed by atoms with Crippen molar-refractivity contribution >= 4 is 11.9 Å². The first kappa shape index (κ1) is 16.6. The second-order valence-electron chi connectivity index (χ2n) is 5.07. The molecular formula is C15H19N5O3. The molecule has 0 N–H and O–H groups in total. The first-order chi connectivity index (χ1) is 11.1. The molecule has 1 aromatic heterocycles. The zero-order valence-electron chi connectivity index (χ0n) is 13.3. The number of tetrazole rings is 1. The Bertz CT molecular complexity index is 672. The fourth-order valence-corrected chi connectivity index (χ4v) is 2.21. The minimum atomic E-state index is -0.383. The van der Waals surface area contributed by atoms with Crippen LogP contribution in [-0.4, -0.2) is 57.2 Å². The van der Waals surface area contributed by atoms with Gasteiger partial charge in [0.15, 0.2) is 0 Å². The van der Waals surface area contributed by atoms with Crippen LogP contribution in [0, 0.1) is 5.92 Å². The minimum absolute atomic E-state index is 0.154. The first-order valence-corrected chi connectivity index (χ1v) is 7.27. The van der Waals surface area contributed by atoms with Gasteiger partial charge in [0.05, 0.1) is 18.7 Å². The Labute approximate surface area is 134 Å². The average molecular weight is 317 g/mol. The van der Waals surface area contributed by atoms with Gasteiger partial charge < -0.3 is 9.64 Å². The van der Waals surface area contributed by atoms with Gasteiger partial charge in [-0.15, -0.1) is 5.10 Å². The number of rotatable bonds is 6. The van der Waals surface area contributed by atoms with Gasteiger partial charge in [0.2, 0.25) is 0 Å². The second kappa shape index (κ2) is 7.48. The van der Waals surface area contributed by atoms with Gasteiger partial charge in [0.25, 0.3) is 5.91 Å². The maximum atomic E-state index is 12.7. The van der Waals surface area contributed by atoms with Crippen molar-refractivity contribution in [2.45, 2.75) is 13.8 Å². The minimum Gasteiger partial charge on any atom is -0.469 e. The molecule has 2 rings (SSSR count). The summed E-state index contributed by atoms with van der Waals surface area (Å²) in [5.74, 6) is -0.872. The molecular weight excluding hydrogens is 298 g/mol. The van der Waals surface area contributed by atoms with Crippen molar-refractivity contribution in [3.05, 3.63) is 36.2 Å². The lowest BCUT2D eigenvalue weighted by Gasteiger charge is -2.23. The molecule has 0 aliphatic carbocycles. The van der Waals surface area contributed by atoms with E-state index in [1.165, 1.54) is 18.1 Å². The van der Waals surface area contributed by atoms with Gasteiger partial charge in [-0.3, -0.25) is 9.59 Å². The van der Waals surface area contributed by atoms with Crippen molar-refractivity contribution in [2.75, 3.05) is 20.2 Å². The molecule has 0 aliphatic heterocycles. The largest absolute Gasteiger partial charge is 0.469 e. The van der Waals surface area contributed by atoms with Gasteiger partial charge in [-0.25, -0.2) is 4.68 Å². The van der Waals surface area contributed by atoms with E-state index in [4.69, 9.17) is 4.74 Å². The number of aromatic nitrogens is 4. The standard InChI is InChI=1S/C15H19N5O3/c1-4-19(9-11(2)15(22)23-3)14(21)12-6-5-7-13(8-12)20-10-16-17-18-20/h5-8,10-11H,4,9H2,1-3H3. The fraction of sp³-hybridized carbons (Fsp3) is 0.400. The van der Waals surface area contributed by atoms with E-state index in [0.717, 1.165) is 0 Å². The van der Waals surface area contributed by atoms with Crippen LogP contribution in [0.25, 0.3) is 5.69 Å². The highest BCUT2D eigenvalue weighted by atomic mass is 16.5. The molecule has 8 nitrogen and oxygen atoms in total. The van der Waals surface area contributed by atoms with Crippen LogP contribution in [0.1, 0.15) is 24.2 Å². The normalized spacial score (nSPS) is 11.8. The van der Waals surface area contributed by atoms with E-state index in [0.29, 0.717) is 24.3 Å². The molecule has 122 valence electrons. The van der Waals surface area contributed by atoms with Gasteiger partial charge in [-0.2, -0.15) is 0 Å². The lowest BCUT2D eigenvalue weighted by Crippen LogP contribution is -2.37. The number of hydrogen-bond donors (Lipinski definition) is 0. The van der Waals surface area contributed by atoms with Crippen LogP contribution in [0.3, 0.4) is 0 Å². The van der Waals surface area contributed by atoms with Gasteiger partial charge in [0.1, 0.15) is 6.33 Å². The molecule has 23 heavy (non-hydrogen) atoms. The highest BCUT2D eigenvalue weighted by Crippen LogP contribution is 2.13. The predicted octanol–water partition coefficient (Wildman–Crippen LogP) is 0.933. The first-order valence-electron chi connectivity index (χ1n) is 7.27. The number of esters is 1. The lowest BCUT2D eigenvalue weighted by molar-refractivity contribution is -0.145. The van der Waals surface area contributed by atoms with E-state index in [1.807, 2.05) is 6.92 Å². The molecule has 0 bridgehead atoms. The second-order valence-corrected chi connectivity index (χ2v) is 5.07. The van der Waals surface area contributed by atoms with E-state index < -0.39 is 0 Å². The topological polar surface area (TPSA) is 90.2 Å². The molecule has 1 aromatic carbocycles. The summed E-state index contributed by atoms with van der Waals surface area (Å²) in [7, 11) is 1.34. The third-order valence-corrected chi connectivity index (χ3v) is 3.47. The summed E-state index contributed by atoms with van der Waals surface area (Å²) in [4.78, 5) is 25.8. The summed E-state index contributed by atoms with van der Waals surface area (Å²) >= 11 is 0. The molecule has 1 amide bonds. The summed E-state index contributed by atoms with van der Waals surface area (Å²) in [5, 5.41) is 11.0. The Hall–Kier alpha value is -2.77. The molecule has 0 saturated carbocycles. The molecule has 0 aliphatic rings. The maximum Gasteiger partial charge on any atom is 0.310 e. The lowest BCUT2D eigenvalue weighted by atomic mass is 10.1. The maximum absolute atomic E-state index is 12.7. The van der Waals surface area contributed by atoms with E-state index >= 15 is 0 Å². The van der Waals surface area contributed by atoms with Crippen LogP contribution < -0.4 is 0 Å². The third kappa shape index (κ3) is 3.91. The van der Waals surface area contributed by atoms with Crippen molar-refractivity contribution in [3.63, 3.8) is 0 Å². The smallest absolute Gasteiger partial charge is 0.310 e. The van der Waals surface area contributed by atoms with Crippen molar-refractivity contribution in [1.82, 2.24) is 25.1 Å². The number of carbonyl (C=O) groups is 2. The van der Waals surface area contributed by atoms with Crippen LogP contribution in [0.4, 0.5) is 0 Å². The van der Waals surface area contributed by atoms with Crippen LogP contribution in [-0.2, 0) is 9.53 Å². The molecule has 0 spiro atoms. The summed E-state index contributed by atoms with van der Waals surface area (Å²) < 4.78 is 6.18. The zero-order valence-corrected chi connectivity index (χ0v) is 13.3. The number of amides is 1. The van der Waals surface area contributed by atoms with E-state index in [1.54, 1.807) is 36.1 Å². The summed E-state index contributed by atoms with van der Waals surface area (Å²) in [6, 6.07) is 7.01. The van der Waals surface area contributed by atoms with Crippen LogP contribution in [0.15, 0.2) is 30.6 Å². The fourth-order valence-electron chi connectivity index (χ4n) is 2.21. The van der Waals surface area contributed by atoms with Crippen molar-refractivity contribution in [2.24, 2.45) is 5.92 Å². The Balaban J connectivity index is 2.18. The molecule has 8 heteroatoms.